The van der Waals surface area contributed by atoms with Crippen LogP contribution in [-0.4, -0.2) is 29.9 Å². The lowest BCUT2D eigenvalue weighted by atomic mass is 9.42. The monoisotopic (exact) mass is 416 g/mol. The highest BCUT2D eigenvalue weighted by molar-refractivity contribution is 5.72. The molecule has 0 aromatic carbocycles. The molecule has 3 unspecified atom stereocenters. The minimum atomic E-state index is -0.304. The summed E-state index contributed by atoms with van der Waals surface area (Å²) in [7, 11) is 0. The lowest BCUT2D eigenvalue weighted by Crippen LogP contribution is -2.67. The molecule has 10 atom stereocenters. The Balaban J connectivity index is 1.31. The summed E-state index contributed by atoms with van der Waals surface area (Å²) in [4.78, 5) is 23.6. The second-order valence-electron chi connectivity index (χ2n) is 11.8. The summed E-state index contributed by atoms with van der Waals surface area (Å²) in [5.74, 6) is 2.48. The van der Waals surface area contributed by atoms with Gasteiger partial charge in [-0.25, -0.2) is 0 Å². The Labute approximate surface area is 179 Å². The Hall–Kier alpha value is -1.10. The number of hydrogen-bond acceptors (Lipinski definition) is 5. The molecule has 30 heavy (non-hydrogen) atoms. The molecule has 2 bridgehead atoms. The minimum Gasteiger partial charge on any atom is -0.463 e. The van der Waals surface area contributed by atoms with Gasteiger partial charge in [0.05, 0.1) is 12.0 Å². The Morgan fingerprint density at radius 1 is 1.00 bits per heavy atom. The number of rotatable bonds is 1. The molecule has 6 aliphatic rings. The first-order valence-electron chi connectivity index (χ1n) is 12.3. The molecule has 0 aromatic rings. The summed E-state index contributed by atoms with van der Waals surface area (Å²) in [6, 6.07) is 0. The number of hydrogen-bond donors (Lipinski definition) is 0. The predicted molar refractivity (Wildman–Crippen MR) is 109 cm³/mol. The van der Waals surface area contributed by atoms with E-state index in [9.17, 15) is 9.59 Å². The fourth-order valence-electron chi connectivity index (χ4n) is 9.71. The maximum atomic E-state index is 12.1. The van der Waals surface area contributed by atoms with Gasteiger partial charge in [0.2, 0.25) is 6.29 Å². The van der Waals surface area contributed by atoms with E-state index >= 15 is 0 Å². The zero-order valence-corrected chi connectivity index (χ0v) is 18.7. The molecule has 4 aliphatic carbocycles. The molecule has 0 radical (unpaired) electrons. The van der Waals surface area contributed by atoms with E-state index in [0.29, 0.717) is 35.5 Å². The standard InChI is InChI=1S/C25H36O5/c1-14(26)28-16-6-9-23(2)15(12-16)4-5-20-19(23)7-10-24(3)18-8-11-25(20,24)30-22-17(18)13-21(27)29-22/h15-20,22H,4-13H2,1-3H3/t15?,16?,17-,18-,19+,20-,22?,23+,24-,25+/m1/s1. The number of ether oxygens (including phenoxy) is 3. The van der Waals surface area contributed by atoms with E-state index in [1.165, 1.54) is 39.0 Å². The second kappa shape index (κ2) is 6.24. The predicted octanol–water partition coefficient (Wildman–Crippen LogP) is 4.62. The van der Waals surface area contributed by atoms with Crippen LogP contribution < -0.4 is 0 Å². The maximum Gasteiger partial charge on any atom is 0.308 e. The van der Waals surface area contributed by atoms with Crippen LogP contribution in [-0.2, 0) is 23.8 Å². The molecule has 2 heterocycles. The first-order valence-corrected chi connectivity index (χ1v) is 12.3. The van der Waals surface area contributed by atoms with Gasteiger partial charge < -0.3 is 14.2 Å². The largest absolute Gasteiger partial charge is 0.463 e. The Morgan fingerprint density at radius 3 is 2.60 bits per heavy atom. The van der Waals surface area contributed by atoms with E-state index in [2.05, 4.69) is 13.8 Å². The lowest BCUT2D eigenvalue weighted by molar-refractivity contribution is -0.322. The Morgan fingerprint density at radius 2 is 1.80 bits per heavy atom. The van der Waals surface area contributed by atoms with Gasteiger partial charge in [-0.2, -0.15) is 0 Å². The van der Waals surface area contributed by atoms with Crippen molar-refractivity contribution in [2.24, 2.45) is 40.4 Å². The summed E-state index contributed by atoms with van der Waals surface area (Å²) in [5.41, 5.74) is 0.370. The quantitative estimate of drug-likeness (QED) is 0.584. The van der Waals surface area contributed by atoms with Gasteiger partial charge in [-0.15, -0.1) is 0 Å². The third-order valence-electron chi connectivity index (χ3n) is 11.0. The van der Waals surface area contributed by atoms with Crippen molar-refractivity contribution in [1.82, 2.24) is 0 Å². The molecule has 4 saturated carbocycles. The van der Waals surface area contributed by atoms with Crippen molar-refractivity contribution in [2.75, 3.05) is 0 Å². The van der Waals surface area contributed by atoms with Crippen molar-refractivity contribution in [3.05, 3.63) is 0 Å². The minimum absolute atomic E-state index is 0.0645. The van der Waals surface area contributed by atoms with Gasteiger partial charge in [-0.1, -0.05) is 13.8 Å². The molecular weight excluding hydrogens is 380 g/mol. The SMILES string of the molecule is CC(=O)OC1CC[C@@]2(C)C(CC[C@@H]3[C@@H]2CC[C@]2(C)[C@@H]4CC[C@]32OC2OC(=O)C[C@@H]24)C1. The van der Waals surface area contributed by atoms with E-state index < -0.39 is 0 Å². The normalized spacial score (nSPS) is 56.2. The van der Waals surface area contributed by atoms with Crippen LogP contribution in [0.15, 0.2) is 0 Å². The molecule has 6 fully saturated rings. The van der Waals surface area contributed by atoms with Crippen molar-refractivity contribution in [1.29, 1.82) is 0 Å². The topological polar surface area (TPSA) is 61.8 Å². The van der Waals surface area contributed by atoms with Gasteiger partial charge in [0.15, 0.2) is 0 Å². The van der Waals surface area contributed by atoms with Crippen LogP contribution in [0.5, 0.6) is 0 Å². The molecule has 0 aromatic heterocycles. The molecule has 5 heteroatoms. The van der Waals surface area contributed by atoms with E-state index in [-0.39, 0.29) is 41.3 Å². The smallest absolute Gasteiger partial charge is 0.308 e. The van der Waals surface area contributed by atoms with Crippen LogP contribution in [0.25, 0.3) is 0 Å². The Bertz CT molecular complexity index is 780. The van der Waals surface area contributed by atoms with Crippen molar-refractivity contribution < 1.29 is 23.8 Å². The second-order valence-corrected chi connectivity index (χ2v) is 11.8. The number of carbonyl (C=O) groups excluding carboxylic acids is 2. The summed E-state index contributed by atoms with van der Waals surface area (Å²) in [5, 5.41) is 0. The van der Waals surface area contributed by atoms with Crippen molar-refractivity contribution >= 4 is 11.9 Å². The first kappa shape index (κ1) is 19.6. The van der Waals surface area contributed by atoms with Crippen LogP contribution in [0.2, 0.25) is 0 Å². The van der Waals surface area contributed by atoms with Crippen molar-refractivity contribution in [3.63, 3.8) is 0 Å². The van der Waals surface area contributed by atoms with Crippen LogP contribution in [0.1, 0.15) is 85.0 Å². The van der Waals surface area contributed by atoms with E-state index in [0.717, 1.165) is 25.7 Å². The molecule has 166 valence electrons. The average molecular weight is 417 g/mol. The van der Waals surface area contributed by atoms with Crippen LogP contribution in [0, 0.1) is 40.4 Å². The summed E-state index contributed by atoms with van der Waals surface area (Å²) < 4.78 is 18.2. The zero-order chi connectivity index (χ0) is 20.9. The molecule has 5 nitrogen and oxygen atoms in total. The van der Waals surface area contributed by atoms with Crippen molar-refractivity contribution in [3.8, 4) is 0 Å². The highest BCUT2D eigenvalue weighted by Crippen LogP contribution is 2.73. The molecule has 2 saturated heterocycles. The zero-order valence-electron chi connectivity index (χ0n) is 18.7. The summed E-state index contributed by atoms with van der Waals surface area (Å²) >= 11 is 0. The van der Waals surface area contributed by atoms with E-state index in [1.54, 1.807) is 0 Å². The van der Waals surface area contributed by atoms with Crippen LogP contribution in [0.3, 0.4) is 0 Å². The maximum absolute atomic E-state index is 12.1. The molecule has 0 spiro atoms. The van der Waals surface area contributed by atoms with Gasteiger partial charge in [-0.3, -0.25) is 9.59 Å². The van der Waals surface area contributed by atoms with Gasteiger partial charge in [-0.05, 0) is 86.9 Å². The van der Waals surface area contributed by atoms with Crippen LogP contribution in [0.4, 0.5) is 0 Å². The van der Waals surface area contributed by atoms with Crippen molar-refractivity contribution in [2.45, 2.75) is 103 Å². The number of esters is 2. The highest BCUT2D eigenvalue weighted by atomic mass is 16.7. The number of fused-ring (bicyclic) bond motifs is 5. The van der Waals surface area contributed by atoms with Gasteiger partial charge >= 0.3 is 11.9 Å². The van der Waals surface area contributed by atoms with Gasteiger partial charge in [0, 0.05) is 18.3 Å². The Kier molecular flexibility index (Phi) is 4.07. The lowest BCUT2D eigenvalue weighted by Gasteiger charge is -2.66. The fraction of sp³-hybridized carbons (Fsp3) is 0.920. The average Bonchev–Trinajstić information content (AvgIpc) is 3.13. The van der Waals surface area contributed by atoms with E-state index in [1.807, 2.05) is 0 Å². The third-order valence-corrected chi connectivity index (χ3v) is 11.0. The summed E-state index contributed by atoms with van der Waals surface area (Å²) in [6.45, 7) is 6.53. The molecule has 6 rings (SSSR count). The fourth-order valence-corrected chi connectivity index (χ4v) is 9.71. The van der Waals surface area contributed by atoms with E-state index in [4.69, 9.17) is 14.2 Å². The van der Waals surface area contributed by atoms with Crippen LogP contribution >= 0.6 is 0 Å². The molecule has 0 N–H and O–H groups in total. The third kappa shape index (κ3) is 2.34. The van der Waals surface area contributed by atoms with Gasteiger partial charge in [0.1, 0.15) is 6.10 Å². The first-order chi connectivity index (χ1) is 14.3. The van der Waals surface area contributed by atoms with Gasteiger partial charge in [0.25, 0.3) is 0 Å². The summed E-state index contributed by atoms with van der Waals surface area (Å²) in [6.07, 6.45) is 10.7. The number of carbonyl (C=O) groups is 2. The highest BCUT2D eigenvalue weighted by Gasteiger charge is 2.73. The molecule has 0 amide bonds. The molecular formula is C25H36O5. The molecule has 2 aliphatic heterocycles.